The summed E-state index contributed by atoms with van der Waals surface area (Å²) >= 11 is 0. The fraction of sp³-hybridized carbons (Fsp3) is 0.373. The Morgan fingerprint density at radius 1 is 0.868 bits per heavy atom. The van der Waals surface area contributed by atoms with Crippen LogP contribution in [0.3, 0.4) is 0 Å². The standard InChI is InChI=1S/C51H51N11O6/c52-45-43-44(35-13-15-39(16-14-35)68-38-10-2-1-3-11-38)57-62(46(43)55-33-54-45)37-9-7-25-60(32-37)50(67)51(20-21-51)49(66)53-22-4-5-23-58-26-28-59(29-27-58)24-6-8-34-12-17-40-36(30-34)31-61(48(40)65)41-18-19-42(63)56-47(41)64/h1-3,10-17,30,33,37,41H,7,9,18-29,31-32H2,(H,53,66)(H2,52,54,55)(H,56,63,64)/t37-,41?/m1/s1. The van der Waals surface area contributed by atoms with E-state index in [1.165, 1.54) is 6.33 Å². The summed E-state index contributed by atoms with van der Waals surface area (Å²) in [5, 5.41) is 10.9. The Kier molecular flexibility index (Phi) is 12.3. The lowest BCUT2D eigenvalue weighted by atomic mass is 9.99. The van der Waals surface area contributed by atoms with Crippen LogP contribution in [0.1, 0.15) is 66.1 Å². The summed E-state index contributed by atoms with van der Waals surface area (Å²) in [6.45, 7) is 5.97. The minimum atomic E-state index is -1.07. The van der Waals surface area contributed by atoms with Crippen LogP contribution in [0.2, 0.25) is 0 Å². The predicted octanol–water partition coefficient (Wildman–Crippen LogP) is 3.36. The number of aromatic nitrogens is 4. The van der Waals surface area contributed by atoms with Crippen LogP contribution in [0.25, 0.3) is 22.3 Å². The zero-order valence-electron chi connectivity index (χ0n) is 37.6. The van der Waals surface area contributed by atoms with Crippen LogP contribution in [0.15, 0.2) is 79.1 Å². The molecule has 3 saturated heterocycles. The Bertz CT molecular complexity index is 2920. The highest BCUT2D eigenvalue weighted by Crippen LogP contribution is 2.48. The van der Waals surface area contributed by atoms with E-state index in [0.717, 1.165) is 61.5 Å². The minimum Gasteiger partial charge on any atom is -0.457 e. The van der Waals surface area contributed by atoms with Crippen LogP contribution in [0.4, 0.5) is 5.82 Å². The maximum Gasteiger partial charge on any atom is 0.255 e. The second-order valence-corrected chi connectivity index (χ2v) is 18.0. The summed E-state index contributed by atoms with van der Waals surface area (Å²) in [5.41, 5.74) is 9.64. The van der Waals surface area contributed by atoms with E-state index >= 15 is 0 Å². The third kappa shape index (κ3) is 9.10. The zero-order chi connectivity index (χ0) is 46.8. The number of ether oxygens (including phenoxy) is 1. The zero-order valence-corrected chi connectivity index (χ0v) is 37.6. The normalized spacial score (nSPS) is 20.1. The van der Waals surface area contributed by atoms with Crippen molar-refractivity contribution in [3.63, 3.8) is 0 Å². The number of nitrogen functional groups attached to an aromatic ring is 1. The van der Waals surface area contributed by atoms with Crippen molar-refractivity contribution in [2.75, 3.05) is 64.6 Å². The maximum atomic E-state index is 14.1. The van der Waals surface area contributed by atoms with E-state index in [9.17, 15) is 24.0 Å². The van der Waals surface area contributed by atoms with E-state index in [-0.39, 0.29) is 42.6 Å². The number of amides is 5. The van der Waals surface area contributed by atoms with Crippen molar-refractivity contribution in [2.45, 2.75) is 57.2 Å². The lowest BCUT2D eigenvalue weighted by Crippen LogP contribution is -2.52. The highest BCUT2D eigenvalue weighted by molar-refractivity contribution is 6.08. The Hall–Kier alpha value is -7.60. The Labute approximate surface area is 393 Å². The first-order valence-electron chi connectivity index (χ1n) is 23.2. The second-order valence-electron chi connectivity index (χ2n) is 18.0. The van der Waals surface area contributed by atoms with E-state index in [4.69, 9.17) is 15.6 Å². The third-order valence-electron chi connectivity index (χ3n) is 13.5. The van der Waals surface area contributed by atoms with Gasteiger partial charge in [0.05, 0.1) is 31.1 Å². The highest BCUT2D eigenvalue weighted by Gasteiger charge is 2.58. The number of hydrogen-bond acceptors (Lipinski definition) is 12. The summed E-state index contributed by atoms with van der Waals surface area (Å²) in [7, 11) is 0. The molecule has 4 aliphatic heterocycles. The molecule has 0 bridgehead atoms. The summed E-state index contributed by atoms with van der Waals surface area (Å²) in [6.07, 6.45) is 4.52. The van der Waals surface area contributed by atoms with Gasteiger partial charge in [-0.1, -0.05) is 41.9 Å². The molecule has 346 valence electrons. The predicted molar refractivity (Wildman–Crippen MR) is 251 cm³/mol. The first-order valence-corrected chi connectivity index (χ1v) is 23.2. The van der Waals surface area contributed by atoms with Gasteiger partial charge in [-0.05, 0) is 92.3 Å². The van der Waals surface area contributed by atoms with Crippen molar-refractivity contribution < 1.29 is 28.7 Å². The highest BCUT2D eigenvalue weighted by atomic mass is 16.5. The number of anilines is 1. The number of carbonyl (C=O) groups is 5. The van der Waals surface area contributed by atoms with Gasteiger partial charge in [0.15, 0.2) is 5.65 Å². The van der Waals surface area contributed by atoms with Crippen LogP contribution in [-0.2, 0) is 25.7 Å². The molecule has 68 heavy (non-hydrogen) atoms. The summed E-state index contributed by atoms with van der Waals surface area (Å²) in [4.78, 5) is 81.4. The molecule has 5 amide bonds. The molecule has 5 aromatic rings. The molecule has 10 rings (SSSR count). The van der Waals surface area contributed by atoms with E-state index in [2.05, 4.69) is 54.1 Å². The number of hydrogen-bond donors (Lipinski definition) is 3. The number of carbonyl (C=O) groups excluding carboxylic acids is 5. The van der Waals surface area contributed by atoms with Crippen LogP contribution >= 0.6 is 0 Å². The largest absolute Gasteiger partial charge is 0.457 e. The molecule has 5 aliphatic rings. The number of nitrogens with one attached hydrogen (secondary N) is 2. The number of piperazine rings is 1. The van der Waals surface area contributed by atoms with Crippen LogP contribution in [0.5, 0.6) is 11.5 Å². The Morgan fingerprint density at radius 3 is 2.37 bits per heavy atom. The number of piperidine rings is 2. The maximum absolute atomic E-state index is 14.1. The van der Waals surface area contributed by atoms with Gasteiger partial charge in [0.25, 0.3) is 5.91 Å². The van der Waals surface area contributed by atoms with Crippen molar-refractivity contribution in [3.05, 3.63) is 95.8 Å². The molecule has 2 atom stereocenters. The fourth-order valence-corrected chi connectivity index (χ4v) is 9.60. The molecule has 1 aliphatic carbocycles. The molecule has 2 aromatic heterocycles. The molecule has 1 unspecified atom stereocenters. The average Bonchev–Trinajstić information content (AvgIpc) is 3.98. The molecule has 6 heterocycles. The molecule has 17 nitrogen and oxygen atoms in total. The van der Waals surface area contributed by atoms with E-state index in [1.54, 1.807) is 11.0 Å². The monoisotopic (exact) mass is 913 g/mol. The van der Waals surface area contributed by atoms with E-state index in [1.807, 2.05) is 76.3 Å². The number of fused-ring (bicyclic) bond motifs is 2. The van der Waals surface area contributed by atoms with E-state index < -0.39 is 17.4 Å². The minimum absolute atomic E-state index is 0.155. The number of benzene rings is 3. The summed E-state index contributed by atoms with van der Waals surface area (Å²) < 4.78 is 7.86. The number of para-hydroxylation sites is 1. The molecule has 0 spiro atoms. The van der Waals surface area contributed by atoms with Crippen molar-refractivity contribution in [3.8, 4) is 46.4 Å². The first-order chi connectivity index (χ1) is 33.1. The first kappa shape index (κ1) is 44.2. The van der Waals surface area contributed by atoms with Crippen molar-refractivity contribution >= 4 is 46.4 Å². The number of likely N-dealkylation sites (tertiary alicyclic amines) is 1. The van der Waals surface area contributed by atoms with E-state index in [0.29, 0.717) is 85.8 Å². The third-order valence-corrected chi connectivity index (χ3v) is 13.5. The summed E-state index contributed by atoms with van der Waals surface area (Å²) in [5.74, 6) is 13.2. The van der Waals surface area contributed by atoms with Gasteiger partial charge in [-0.2, -0.15) is 5.10 Å². The number of rotatable bonds is 10. The van der Waals surface area contributed by atoms with Crippen molar-refractivity contribution in [1.29, 1.82) is 0 Å². The summed E-state index contributed by atoms with van der Waals surface area (Å²) in [6, 6.07) is 21.9. The van der Waals surface area contributed by atoms with Crippen molar-refractivity contribution in [1.82, 2.24) is 50.0 Å². The van der Waals surface area contributed by atoms with Gasteiger partial charge < -0.3 is 25.6 Å². The Balaban J connectivity index is 0.682. The SMILES string of the molecule is Nc1ncnc2c1c(-c1ccc(Oc3ccccc3)cc1)nn2[C@@H]1CCCN(C(=O)C2(C(=O)NCC#CCN3CCN(CC#Cc4ccc5c(c4)CN(C4CCC(=O)NC4=O)C5=O)CC3)CC2)C1. The lowest BCUT2D eigenvalue weighted by molar-refractivity contribution is -0.145. The molecule has 4 fully saturated rings. The van der Waals surface area contributed by atoms with Crippen LogP contribution < -0.4 is 21.1 Å². The second kappa shape index (κ2) is 18.9. The van der Waals surface area contributed by atoms with Crippen LogP contribution in [0, 0.1) is 29.1 Å². The Morgan fingerprint density at radius 2 is 1.62 bits per heavy atom. The number of nitrogens with zero attached hydrogens (tertiary/aromatic N) is 8. The fourth-order valence-electron chi connectivity index (χ4n) is 9.60. The van der Waals surface area contributed by atoms with Gasteiger partial charge >= 0.3 is 0 Å². The molecular weight excluding hydrogens is 863 g/mol. The number of imide groups is 1. The topological polar surface area (TPSA) is 201 Å². The van der Waals surface area contributed by atoms with Crippen molar-refractivity contribution in [2.24, 2.45) is 5.41 Å². The number of nitrogens with two attached hydrogens (primary N) is 1. The van der Waals surface area contributed by atoms with Gasteiger partial charge in [-0.3, -0.25) is 39.1 Å². The molecule has 0 radical (unpaired) electrons. The van der Waals surface area contributed by atoms with Gasteiger partial charge in [-0.25, -0.2) is 14.6 Å². The smallest absolute Gasteiger partial charge is 0.255 e. The van der Waals surface area contributed by atoms with Gasteiger partial charge in [0.1, 0.15) is 40.8 Å². The molecule has 3 aromatic carbocycles. The van der Waals surface area contributed by atoms with Gasteiger partial charge in [-0.15, -0.1) is 0 Å². The quantitative estimate of drug-likeness (QED) is 0.105. The molecular formula is C51H51N11O6. The molecule has 4 N–H and O–H groups in total. The molecule has 17 heteroatoms. The van der Waals surface area contributed by atoms with Gasteiger partial charge in [0, 0.05) is 68.9 Å². The van der Waals surface area contributed by atoms with Gasteiger partial charge in [0.2, 0.25) is 23.6 Å². The van der Waals surface area contributed by atoms with Crippen LogP contribution in [-0.4, -0.2) is 134 Å². The molecule has 1 saturated carbocycles. The lowest BCUT2D eigenvalue weighted by Gasteiger charge is -2.35. The average molecular weight is 914 g/mol.